The van der Waals surface area contributed by atoms with Crippen molar-refractivity contribution in [3.63, 3.8) is 0 Å². The number of fused-ring (bicyclic) bond motifs is 3. The number of benzene rings is 1. The summed E-state index contributed by atoms with van der Waals surface area (Å²) in [6, 6.07) is 7.40. The normalized spacial score (nSPS) is 16.7. The highest BCUT2D eigenvalue weighted by Gasteiger charge is 2.24. The van der Waals surface area contributed by atoms with Crippen molar-refractivity contribution in [2.75, 3.05) is 18.8 Å². The van der Waals surface area contributed by atoms with Gasteiger partial charge in [0.05, 0.1) is 16.9 Å². The Morgan fingerprint density at radius 3 is 2.77 bits per heavy atom. The van der Waals surface area contributed by atoms with Crippen LogP contribution in [0.25, 0.3) is 10.2 Å². The number of hydrogen-bond donors (Lipinski definition) is 2. The van der Waals surface area contributed by atoms with E-state index < -0.39 is 0 Å². The summed E-state index contributed by atoms with van der Waals surface area (Å²) in [5.41, 5.74) is 2.38. The van der Waals surface area contributed by atoms with E-state index in [-0.39, 0.29) is 17.2 Å². The fourth-order valence-electron chi connectivity index (χ4n) is 4.65. The Labute approximate surface area is 188 Å². The van der Waals surface area contributed by atoms with Crippen LogP contribution in [0.3, 0.4) is 0 Å². The maximum atomic E-state index is 12.6. The number of nitrogens with zero attached hydrogens (tertiary/aromatic N) is 2. The third-order valence-electron chi connectivity index (χ3n) is 6.30. The van der Waals surface area contributed by atoms with E-state index in [9.17, 15) is 14.7 Å². The van der Waals surface area contributed by atoms with Crippen LogP contribution in [0.5, 0.6) is 5.75 Å². The Morgan fingerprint density at radius 2 is 2.00 bits per heavy atom. The molecule has 1 aliphatic heterocycles. The first-order chi connectivity index (χ1) is 15.1. The number of aryl methyl sites for hydroxylation is 2. The summed E-state index contributed by atoms with van der Waals surface area (Å²) in [7, 11) is 0. The Kier molecular flexibility index (Phi) is 5.75. The number of phenolic OH excluding ortho intramolecular Hbond substituents is 1. The first kappa shape index (κ1) is 20.6. The first-order valence-electron chi connectivity index (χ1n) is 10.8. The largest absolute Gasteiger partial charge is 0.508 e. The molecule has 31 heavy (non-hydrogen) atoms. The third-order valence-corrected chi connectivity index (χ3v) is 8.41. The molecule has 1 aromatic carbocycles. The van der Waals surface area contributed by atoms with Gasteiger partial charge < -0.3 is 15.0 Å². The van der Waals surface area contributed by atoms with Crippen LogP contribution in [-0.2, 0) is 23.4 Å². The number of thioether (sulfide) groups is 1. The molecule has 162 valence electrons. The van der Waals surface area contributed by atoms with E-state index in [2.05, 4.69) is 9.97 Å². The smallest absolute Gasteiger partial charge is 0.259 e. The van der Waals surface area contributed by atoms with Crippen LogP contribution in [-0.4, -0.2) is 44.7 Å². The zero-order valence-corrected chi connectivity index (χ0v) is 18.9. The SMILES string of the molecule is O=C(CSCc1nc2sc3c(c2c(=O)[nH]1)CCC3)N1CCC(c2ccc(O)cc2)CC1. The minimum atomic E-state index is -0.0392. The molecule has 1 saturated heterocycles. The molecule has 0 spiro atoms. The van der Waals surface area contributed by atoms with Crippen LogP contribution in [0, 0.1) is 0 Å². The molecule has 6 nitrogen and oxygen atoms in total. The lowest BCUT2D eigenvalue weighted by Gasteiger charge is -2.32. The number of aromatic nitrogens is 2. The number of aromatic amines is 1. The number of thiophene rings is 1. The van der Waals surface area contributed by atoms with Gasteiger partial charge in [-0.15, -0.1) is 23.1 Å². The van der Waals surface area contributed by atoms with Crippen molar-refractivity contribution in [3.05, 3.63) is 56.4 Å². The number of rotatable bonds is 5. The van der Waals surface area contributed by atoms with Gasteiger partial charge in [-0.1, -0.05) is 12.1 Å². The third kappa shape index (κ3) is 4.23. The van der Waals surface area contributed by atoms with E-state index in [1.54, 1.807) is 23.5 Å². The van der Waals surface area contributed by atoms with Crippen LogP contribution in [0.4, 0.5) is 0 Å². The Morgan fingerprint density at radius 1 is 1.23 bits per heavy atom. The highest BCUT2D eigenvalue weighted by molar-refractivity contribution is 7.99. The van der Waals surface area contributed by atoms with Crippen LogP contribution in [0.2, 0.25) is 0 Å². The molecule has 0 bridgehead atoms. The lowest BCUT2D eigenvalue weighted by molar-refractivity contribution is -0.129. The van der Waals surface area contributed by atoms with Crippen LogP contribution in [0.15, 0.2) is 29.1 Å². The summed E-state index contributed by atoms with van der Waals surface area (Å²) in [6.07, 6.45) is 5.04. The maximum Gasteiger partial charge on any atom is 0.259 e. The van der Waals surface area contributed by atoms with Gasteiger partial charge in [-0.3, -0.25) is 9.59 Å². The van der Waals surface area contributed by atoms with Crippen molar-refractivity contribution >= 4 is 39.2 Å². The van der Waals surface area contributed by atoms with Gasteiger partial charge in [0.25, 0.3) is 5.56 Å². The number of H-pyrrole nitrogens is 1. The summed E-state index contributed by atoms with van der Waals surface area (Å²) in [6.45, 7) is 1.51. The second-order valence-electron chi connectivity index (χ2n) is 8.29. The van der Waals surface area contributed by atoms with Crippen LogP contribution in [0.1, 0.15) is 47.0 Å². The Bertz CT molecular complexity index is 1160. The number of carbonyl (C=O) groups excluding carboxylic acids is 1. The van der Waals surface area contributed by atoms with E-state index >= 15 is 0 Å². The van der Waals surface area contributed by atoms with Crippen molar-refractivity contribution < 1.29 is 9.90 Å². The van der Waals surface area contributed by atoms with Gasteiger partial charge in [0.2, 0.25) is 5.91 Å². The topological polar surface area (TPSA) is 86.3 Å². The lowest BCUT2D eigenvalue weighted by atomic mass is 9.89. The monoisotopic (exact) mass is 455 g/mol. The maximum absolute atomic E-state index is 12.6. The minimum Gasteiger partial charge on any atom is -0.508 e. The quantitative estimate of drug-likeness (QED) is 0.611. The number of likely N-dealkylation sites (tertiary alicyclic amines) is 1. The van der Waals surface area contributed by atoms with Gasteiger partial charge in [-0.25, -0.2) is 4.98 Å². The summed E-state index contributed by atoms with van der Waals surface area (Å²) in [5, 5.41) is 10.2. The fraction of sp³-hybridized carbons (Fsp3) is 0.435. The number of amides is 1. The molecule has 2 aliphatic rings. The molecule has 2 aromatic heterocycles. The van der Waals surface area contributed by atoms with Gasteiger partial charge in [-0.05, 0) is 61.3 Å². The fourth-order valence-corrected chi connectivity index (χ4v) is 6.72. The molecular weight excluding hydrogens is 430 g/mol. The van der Waals surface area contributed by atoms with Crippen molar-refractivity contribution in [2.45, 2.75) is 43.8 Å². The summed E-state index contributed by atoms with van der Waals surface area (Å²) in [4.78, 5) is 36.8. The molecule has 1 amide bonds. The number of hydrogen-bond acceptors (Lipinski definition) is 6. The summed E-state index contributed by atoms with van der Waals surface area (Å²) in [5.74, 6) is 2.45. The molecule has 5 rings (SSSR count). The van der Waals surface area contributed by atoms with Gasteiger partial charge in [0, 0.05) is 18.0 Å². The average molecular weight is 456 g/mol. The predicted octanol–water partition coefficient (Wildman–Crippen LogP) is 3.82. The molecule has 0 atom stereocenters. The molecule has 3 heterocycles. The molecule has 0 saturated carbocycles. The van der Waals surface area contributed by atoms with E-state index in [0.717, 1.165) is 55.4 Å². The molecular formula is C23H25N3O3S2. The number of phenols is 1. The number of aromatic hydroxyl groups is 1. The Hall–Kier alpha value is -2.32. The predicted molar refractivity (Wildman–Crippen MR) is 125 cm³/mol. The van der Waals surface area contributed by atoms with E-state index in [1.165, 1.54) is 27.8 Å². The summed E-state index contributed by atoms with van der Waals surface area (Å²) >= 11 is 3.15. The van der Waals surface area contributed by atoms with Gasteiger partial charge >= 0.3 is 0 Å². The minimum absolute atomic E-state index is 0.0392. The highest BCUT2D eigenvalue weighted by atomic mass is 32.2. The second kappa shape index (κ2) is 8.67. The van der Waals surface area contributed by atoms with Gasteiger partial charge in [0.15, 0.2) is 0 Å². The second-order valence-corrected chi connectivity index (χ2v) is 10.4. The molecule has 0 unspecified atom stereocenters. The number of piperidine rings is 1. The average Bonchev–Trinajstić information content (AvgIpc) is 3.35. The molecule has 1 aliphatic carbocycles. The lowest BCUT2D eigenvalue weighted by Crippen LogP contribution is -2.39. The van der Waals surface area contributed by atoms with Gasteiger partial charge in [0.1, 0.15) is 16.4 Å². The van der Waals surface area contributed by atoms with E-state index in [4.69, 9.17) is 0 Å². The number of nitrogens with one attached hydrogen (secondary N) is 1. The number of carbonyl (C=O) groups is 1. The van der Waals surface area contributed by atoms with Crippen molar-refractivity contribution in [3.8, 4) is 5.75 Å². The molecule has 1 fully saturated rings. The first-order valence-corrected chi connectivity index (χ1v) is 12.7. The van der Waals surface area contributed by atoms with Crippen molar-refractivity contribution in [2.24, 2.45) is 0 Å². The zero-order chi connectivity index (χ0) is 21.4. The molecule has 2 N–H and O–H groups in total. The van der Waals surface area contributed by atoms with Crippen molar-refractivity contribution in [1.82, 2.24) is 14.9 Å². The van der Waals surface area contributed by atoms with E-state index in [0.29, 0.717) is 23.2 Å². The molecule has 0 radical (unpaired) electrons. The highest BCUT2D eigenvalue weighted by Crippen LogP contribution is 2.34. The molecule has 8 heteroatoms. The van der Waals surface area contributed by atoms with Crippen LogP contribution < -0.4 is 5.56 Å². The zero-order valence-electron chi connectivity index (χ0n) is 17.2. The van der Waals surface area contributed by atoms with Gasteiger partial charge in [-0.2, -0.15) is 0 Å². The van der Waals surface area contributed by atoms with E-state index in [1.807, 2.05) is 17.0 Å². The van der Waals surface area contributed by atoms with Crippen molar-refractivity contribution in [1.29, 1.82) is 0 Å². The van der Waals surface area contributed by atoms with Crippen LogP contribution >= 0.6 is 23.1 Å². The summed E-state index contributed by atoms with van der Waals surface area (Å²) < 4.78 is 0. The Balaban J connectivity index is 1.14. The molecule has 3 aromatic rings. The standard InChI is InChI=1S/C23H25N3O3S2/c27-16-6-4-14(5-7-16)15-8-10-26(11-9-15)20(28)13-30-12-19-24-22(29)21-17-2-1-3-18(17)31-23(21)25-19/h4-7,15,27H,1-3,8-13H2,(H,24,25,29).